The second-order valence-corrected chi connectivity index (χ2v) is 7.21. The SMILES string of the molecule is C[C@@H]1ON(Cc2ccccc2)[C@@H](c2ccccc2)[C@H]1C(=O)N1C(=O)CCC1=O. The molecule has 4 rings (SSSR count). The summed E-state index contributed by atoms with van der Waals surface area (Å²) in [5.41, 5.74) is 1.97. The number of benzene rings is 2. The van der Waals surface area contributed by atoms with Gasteiger partial charge in [0.25, 0.3) is 0 Å². The first-order valence-corrected chi connectivity index (χ1v) is 9.48. The number of rotatable bonds is 4. The van der Waals surface area contributed by atoms with Crippen LogP contribution >= 0.6 is 0 Å². The first-order valence-electron chi connectivity index (χ1n) is 9.48. The summed E-state index contributed by atoms with van der Waals surface area (Å²) in [7, 11) is 0. The lowest BCUT2D eigenvalue weighted by Crippen LogP contribution is -2.44. The number of likely N-dealkylation sites (tertiary alicyclic amines) is 1. The number of carbonyl (C=O) groups excluding carboxylic acids is 3. The molecule has 28 heavy (non-hydrogen) atoms. The molecule has 0 spiro atoms. The van der Waals surface area contributed by atoms with Crippen molar-refractivity contribution in [1.29, 1.82) is 0 Å². The summed E-state index contributed by atoms with van der Waals surface area (Å²) >= 11 is 0. The molecule has 0 saturated carbocycles. The van der Waals surface area contributed by atoms with E-state index in [1.807, 2.05) is 67.6 Å². The number of hydrogen-bond acceptors (Lipinski definition) is 5. The minimum absolute atomic E-state index is 0.0935. The van der Waals surface area contributed by atoms with E-state index in [4.69, 9.17) is 4.84 Å². The van der Waals surface area contributed by atoms with Gasteiger partial charge in [-0.25, -0.2) is 4.90 Å². The van der Waals surface area contributed by atoms with E-state index >= 15 is 0 Å². The number of hydroxylamine groups is 2. The fourth-order valence-corrected chi connectivity index (χ4v) is 4.01. The second kappa shape index (κ2) is 7.66. The fourth-order valence-electron chi connectivity index (χ4n) is 4.01. The number of imide groups is 3. The number of amides is 3. The summed E-state index contributed by atoms with van der Waals surface area (Å²) in [6, 6.07) is 19.1. The van der Waals surface area contributed by atoms with Crippen LogP contribution in [-0.2, 0) is 25.8 Å². The maximum absolute atomic E-state index is 13.2. The Morgan fingerprint density at radius 2 is 1.54 bits per heavy atom. The zero-order valence-electron chi connectivity index (χ0n) is 15.7. The topological polar surface area (TPSA) is 66.9 Å². The highest BCUT2D eigenvalue weighted by Crippen LogP contribution is 2.41. The molecule has 0 unspecified atom stereocenters. The van der Waals surface area contributed by atoms with Crippen LogP contribution in [-0.4, -0.2) is 33.8 Å². The molecule has 3 atom stereocenters. The van der Waals surface area contributed by atoms with Gasteiger partial charge in [-0.2, -0.15) is 5.06 Å². The van der Waals surface area contributed by atoms with Gasteiger partial charge < -0.3 is 0 Å². The third kappa shape index (κ3) is 3.37. The predicted molar refractivity (Wildman–Crippen MR) is 101 cm³/mol. The fraction of sp³-hybridized carbons (Fsp3) is 0.318. The van der Waals surface area contributed by atoms with Crippen LogP contribution in [0.5, 0.6) is 0 Å². The average molecular weight is 378 g/mol. The summed E-state index contributed by atoms with van der Waals surface area (Å²) < 4.78 is 0. The van der Waals surface area contributed by atoms with Crippen LogP contribution in [0.3, 0.4) is 0 Å². The molecule has 0 N–H and O–H groups in total. The minimum atomic E-state index is -0.642. The Kier molecular flexibility index (Phi) is 5.07. The van der Waals surface area contributed by atoms with Crippen LogP contribution < -0.4 is 0 Å². The standard InChI is InChI=1S/C22H22N2O4/c1-15-20(22(27)24-18(25)12-13-19(24)26)21(17-10-6-3-7-11-17)23(28-15)14-16-8-4-2-5-9-16/h2-11,15,20-21H,12-14H2,1H3/t15-,20-,21-/m0/s1. The molecule has 2 aliphatic rings. The van der Waals surface area contributed by atoms with Gasteiger partial charge >= 0.3 is 0 Å². The number of carbonyl (C=O) groups is 3. The van der Waals surface area contributed by atoms with Crippen molar-refractivity contribution in [2.24, 2.45) is 5.92 Å². The van der Waals surface area contributed by atoms with Gasteiger partial charge in [0.2, 0.25) is 17.7 Å². The molecule has 2 heterocycles. The van der Waals surface area contributed by atoms with E-state index in [-0.39, 0.29) is 18.9 Å². The minimum Gasteiger partial charge on any atom is -0.294 e. The molecule has 144 valence electrons. The van der Waals surface area contributed by atoms with Crippen molar-refractivity contribution in [2.45, 2.75) is 38.5 Å². The van der Waals surface area contributed by atoms with Gasteiger partial charge in [-0.15, -0.1) is 0 Å². The Bertz CT molecular complexity index is 868. The summed E-state index contributed by atoms with van der Waals surface area (Å²) in [4.78, 5) is 44.4. The van der Waals surface area contributed by atoms with Gasteiger partial charge in [-0.05, 0) is 18.1 Å². The maximum atomic E-state index is 13.2. The van der Waals surface area contributed by atoms with Crippen molar-refractivity contribution in [1.82, 2.24) is 9.96 Å². The van der Waals surface area contributed by atoms with Gasteiger partial charge in [0.05, 0.1) is 18.1 Å². The van der Waals surface area contributed by atoms with E-state index in [2.05, 4.69) is 0 Å². The monoisotopic (exact) mass is 378 g/mol. The Labute approximate surface area is 163 Å². The first-order chi connectivity index (χ1) is 13.6. The molecule has 2 aliphatic heterocycles. The summed E-state index contributed by atoms with van der Waals surface area (Å²) in [6.07, 6.45) is -0.269. The normalized spacial score (nSPS) is 25.5. The smallest absolute Gasteiger partial charge is 0.243 e. The molecule has 0 aromatic heterocycles. The molecule has 0 radical (unpaired) electrons. The van der Waals surface area contributed by atoms with Crippen LogP contribution in [0.15, 0.2) is 60.7 Å². The van der Waals surface area contributed by atoms with Crippen molar-refractivity contribution >= 4 is 17.7 Å². The molecular weight excluding hydrogens is 356 g/mol. The third-order valence-corrected chi connectivity index (χ3v) is 5.34. The predicted octanol–water partition coefficient (Wildman–Crippen LogP) is 2.86. The molecule has 6 heteroatoms. The molecule has 2 fully saturated rings. The quantitative estimate of drug-likeness (QED) is 0.766. The van der Waals surface area contributed by atoms with Crippen molar-refractivity contribution in [2.75, 3.05) is 0 Å². The van der Waals surface area contributed by atoms with Crippen LogP contribution in [0.2, 0.25) is 0 Å². The summed E-state index contributed by atoms with van der Waals surface area (Å²) in [5.74, 6) is -1.95. The molecule has 2 aromatic carbocycles. The Balaban J connectivity index is 1.69. The van der Waals surface area contributed by atoms with Crippen molar-refractivity contribution in [3.63, 3.8) is 0 Å². The molecule has 2 aromatic rings. The largest absolute Gasteiger partial charge is 0.294 e. The zero-order chi connectivity index (χ0) is 19.7. The van der Waals surface area contributed by atoms with E-state index in [9.17, 15) is 14.4 Å². The second-order valence-electron chi connectivity index (χ2n) is 7.21. The van der Waals surface area contributed by atoms with E-state index < -0.39 is 29.7 Å². The van der Waals surface area contributed by atoms with E-state index in [1.54, 1.807) is 5.06 Å². The highest BCUT2D eigenvalue weighted by molar-refractivity contribution is 6.15. The highest BCUT2D eigenvalue weighted by Gasteiger charge is 2.50. The number of hydrogen-bond donors (Lipinski definition) is 0. The van der Waals surface area contributed by atoms with Gasteiger partial charge in [-0.1, -0.05) is 60.7 Å². The van der Waals surface area contributed by atoms with Crippen LogP contribution in [0.25, 0.3) is 0 Å². The van der Waals surface area contributed by atoms with Crippen LogP contribution in [0, 0.1) is 5.92 Å². The summed E-state index contributed by atoms with van der Waals surface area (Å²) in [6.45, 7) is 2.31. The van der Waals surface area contributed by atoms with Gasteiger partial charge in [-0.3, -0.25) is 19.2 Å². The Morgan fingerprint density at radius 1 is 0.964 bits per heavy atom. The zero-order valence-corrected chi connectivity index (χ0v) is 15.7. The number of nitrogens with zero attached hydrogens (tertiary/aromatic N) is 2. The van der Waals surface area contributed by atoms with Crippen LogP contribution in [0.4, 0.5) is 0 Å². The lowest BCUT2D eigenvalue weighted by atomic mass is 9.88. The van der Waals surface area contributed by atoms with E-state index in [1.165, 1.54) is 0 Å². The third-order valence-electron chi connectivity index (χ3n) is 5.34. The van der Waals surface area contributed by atoms with Crippen LogP contribution in [0.1, 0.15) is 36.9 Å². The van der Waals surface area contributed by atoms with Gasteiger partial charge in [0.15, 0.2) is 0 Å². The van der Waals surface area contributed by atoms with Crippen molar-refractivity contribution < 1.29 is 19.2 Å². The van der Waals surface area contributed by atoms with E-state index in [0.717, 1.165) is 16.0 Å². The van der Waals surface area contributed by atoms with Gasteiger partial charge in [0.1, 0.15) is 0 Å². The highest BCUT2D eigenvalue weighted by atomic mass is 16.7. The lowest BCUT2D eigenvalue weighted by molar-refractivity contribution is -0.166. The average Bonchev–Trinajstić information content (AvgIpc) is 3.21. The van der Waals surface area contributed by atoms with Gasteiger partial charge in [0, 0.05) is 19.4 Å². The molecule has 2 saturated heterocycles. The molecule has 0 bridgehead atoms. The lowest BCUT2D eigenvalue weighted by Gasteiger charge is -2.27. The Hall–Kier alpha value is -2.83. The van der Waals surface area contributed by atoms with E-state index in [0.29, 0.717) is 6.54 Å². The van der Waals surface area contributed by atoms with Crippen molar-refractivity contribution in [3.05, 3.63) is 71.8 Å². The molecular formula is C22H22N2O4. The maximum Gasteiger partial charge on any atom is 0.243 e. The molecule has 0 aliphatic carbocycles. The first kappa shape index (κ1) is 18.5. The molecule has 6 nitrogen and oxygen atoms in total. The molecule has 3 amide bonds. The Morgan fingerprint density at radius 3 is 2.14 bits per heavy atom. The summed E-state index contributed by atoms with van der Waals surface area (Å²) in [5, 5.41) is 1.79. The van der Waals surface area contributed by atoms with Crippen molar-refractivity contribution in [3.8, 4) is 0 Å².